The van der Waals surface area contributed by atoms with Gasteiger partial charge in [0.1, 0.15) is 11.2 Å². The molecule has 274 valence electrons. The Morgan fingerprint density at radius 3 is 1.66 bits per heavy atom. The quantitative estimate of drug-likeness (QED) is 0.170. The Morgan fingerprint density at radius 2 is 0.914 bits per heavy atom. The first-order valence-electron chi connectivity index (χ1n) is 19.6. The number of aromatic nitrogens is 4. The van der Waals surface area contributed by atoms with Gasteiger partial charge in [-0.05, 0) is 78.6 Å². The van der Waals surface area contributed by atoms with Gasteiger partial charge in [-0.2, -0.15) is 0 Å². The van der Waals surface area contributed by atoms with Gasteiger partial charge < -0.3 is 8.98 Å². The van der Waals surface area contributed by atoms with Gasteiger partial charge >= 0.3 is 0 Å². The van der Waals surface area contributed by atoms with Crippen molar-refractivity contribution in [1.82, 2.24) is 19.5 Å². The summed E-state index contributed by atoms with van der Waals surface area (Å²) in [6.07, 6.45) is 0. The highest BCUT2D eigenvalue weighted by molar-refractivity contribution is 6.11. The molecule has 0 radical (unpaired) electrons. The lowest BCUT2D eigenvalue weighted by Crippen LogP contribution is -2.04. The van der Waals surface area contributed by atoms with Crippen LogP contribution in [-0.4, -0.2) is 19.5 Å². The smallest absolute Gasteiger partial charge is 0.166 e. The van der Waals surface area contributed by atoms with Crippen LogP contribution in [-0.2, 0) is 0 Å². The molecule has 0 amide bonds. The zero-order chi connectivity index (χ0) is 38.7. The summed E-state index contributed by atoms with van der Waals surface area (Å²) >= 11 is 0. The molecule has 0 N–H and O–H groups in total. The Kier molecular flexibility index (Phi) is 7.86. The maximum atomic E-state index is 6.22. The van der Waals surface area contributed by atoms with Crippen molar-refractivity contribution < 1.29 is 4.42 Å². The molecule has 11 rings (SSSR count). The summed E-state index contributed by atoms with van der Waals surface area (Å²) in [7, 11) is 0. The zero-order valence-electron chi connectivity index (χ0n) is 32.0. The number of para-hydroxylation sites is 2. The number of nitrogens with zero attached hydrogens (tertiary/aromatic N) is 4. The van der Waals surface area contributed by atoms with E-state index < -0.39 is 0 Å². The second-order valence-electron chi connectivity index (χ2n) is 15.0. The van der Waals surface area contributed by atoms with Crippen molar-refractivity contribution in [1.29, 1.82) is 0 Å². The molecule has 5 nitrogen and oxygen atoms in total. The molecule has 0 fully saturated rings. The van der Waals surface area contributed by atoms with Gasteiger partial charge in [0.25, 0.3) is 0 Å². The van der Waals surface area contributed by atoms with Crippen molar-refractivity contribution in [3.63, 3.8) is 0 Å². The Labute approximate surface area is 335 Å². The van der Waals surface area contributed by atoms with Crippen LogP contribution in [0.3, 0.4) is 0 Å². The van der Waals surface area contributed by atoms with Crippen molar-refractivity contribution in [2.24, 2.45) is 0 Å². The predicted octanol–water partition coefficient (Wildman–Crippen LogP) is 13.8. The van der Waals surface area contributed by atoms with Gasteiger partial charge in [0, 0.05) is 38.2 Å². The normalized spacial score (nSPS) is 11.6. The molecule has 8 aromatic carbocycles. The van der Waals surface area contributed by atoms with E-state index in [2.05, 4.69) is 152 Å². The molecular weight excluding hydrogens is 709 g/mol. The van der Waals surface area contributed by atoms with Crippen molar-refractivity contribution in [2.75, 3.05) is 0 Å². The standard InChI is InChI=1S/C53H36N4O/c1-33-27-34(2)29-40(28-33)39-21-24-42-41-17-9-11-19-46(41)57(48(42)32-39)47-25-22-37(38-23-26-50-44(30-38)43-18-10-12-20-49(43)58-50)31-45(47)53-55-51(35-13-5-3-6-14-35)54-52(56-53)36-15-7-4-8-16-36/h3-32H,1-2H3. The summed E-state index contributed by atoms with van der Waals surface area (Å²) in [5.41, 5.74) is 14.7. The number of benzene rings is 8. The average Bonchev–Trinajstić information content (AvgIpc) is 3.81. The fraction of sp³-hybridized carbons (Fsp3) is 0.0377. The first-order valence-corrected chi connectivity index (χ1v) is 19.6. The number of rotatable bonds is 6. The predicted molar refractivity (Wildman–Crippen MR) is 238 cm³/mol. The summed E-state index contributed by atoms with van der Waals surface area (Å²) in [4.78, 5) is 15.6. The summed E-state index contributed by atoms with van der Waals surface area (Å²) in [6, 6.07) is 63.9. The van der Waals surface area contributed by atoms with Crippen LogP contribution in [0.15, 0.2) is 186 Å². The lowest BCUT2D eigenvalue weighted by atomic mass is 9.98. The minimum atomic E-state index is 0.593. The fourth-order valence-corrected chi connectivity index (χ4v) is 8.48. The van der Waals surface area contributed by atoms with Crippen molar-refractivity contribution in [3.05, 3.63) is 193 Å². The van der Waals surface area contributed by atoms with Crippen LogP contribution in [0, 0.1) is 13.8 Å². The molecule has 0 aliphatic rings. The highest BCUT2D eigenvalue weighted by atomic mass is 16.3. The van der Waals surface area contributed by atoms with E-state index in [-0.39, 0.29) is 0 Å². The number of aryl methyl sites for hydroxylation is 2. The summed E-state index contributed by atoms with van der Waals surface area (Å²) in [5, 5.41) is 4.54. The third-order valence-electron chi connectivity index (χ3n) is 11.1. The third-order valence-corrected chi connectivity index (χ3v) is 11.1. The molecule has 0 atom stereocenters. The van der Waals surface area contributed by atoms with E-state index in [1.54, 1.807) is 0 Å². The zero-order valence-corrected chi connectivity index (χ0v) is 32.0. The molecule has 0 saturated heterocycles. The lowest BCUT2D eigenvalue weighted by molar-refractivity contribution is 0.669. The van der Waals surface area contributed by atoms with E-state index in [4.69, 9.17) is 19.4 Å². The van der Waals surface area contributed by atoms with Gasteiger partial charge in [-0.25, -0.2) is 15.0 Å². The summed E-state index contributed by atoms with van der Waals surface area (Å²) in [6.45, 7) is 4.32. The molecule has 3 aromatic heterocycles. The molecule has 58 heavy (non-hydrogen) atoms. The van der Waals surface area contributed by atoms with E-state index in [9.17, 15) is 0 Å². The van der Waals surface area contributed by atoms with Gasteiger partial charge in [-0.15, -0.1) is 0 Å². The number of fused-ring (bicyclic) bond motifs is 6. The van der Waals surface area contributed by atoms with Crippen LogP contribution < -0.4 is 0 Å². The minimum Gasteiger partial charge on any atom is -0.456 e. The average molecular weight is 745 g/mol. The van der Waals surface area contributed by atoms with Gasteiger partial charge in [0.2, 0.25) is 0 Å². The number of hydrogen-bond acceptors (Lipinski definition) is 4. The third kappa shape index (κ3) is 5.75. The molecule has 5 heteroatoms. The molecule has 0 unspecified atom stereocenters. The van der Waals surface area contributed by atoms with Crippen molar-refractivity contribution in [2.45, 2.75) is 13.8 Å². The van der Waals surface area contributed by atoms with Gasteiger partial charge in [-0.3, -0.25) is 0 Å². The minimum absolute atomic E-state index is 0.593. The molecule has 0 saturated carbocycles. The molecule has 3 heterocycles. The van der Waals surface area contributed by atoms with Crippen molar-refractivity contribution >= 4 is 43.7 Å². The second-order valence-corrected chi connectivity index (χ2v) is 15.0. The fourth-order valence-electron chi connectivity index (χ4n) is 8.48. The lowest BCUT2D eigenvalue weighted by Gasteiger charge is -2.17. The first kappa shape index (κ1) is 33.7. The van der Waals surface area contributed by atoms with E-state index in [1.807, 2.05) is 48.5 Å². The Morgan fingerprint density at radius 1 is 0.362 bits per heavy atom. The van der Waals surface area contributed by atoms with E-state index in [0.717, 1.165) is 66.5 Å². The van der Waals surface area contributed by atoms with Crippen LogP contribution in [0.25, 0.3) is 106 Å². The summed E-state index contributed by atoms with van der Waals surface area (Å²) < 4.78 is 8.61. The molecule has 0 spiro atoms. The largest absolute Gasteiger partial charge is 0.456 e. The van der Waals surface area contributed by atoms with E-state index in [0.29, 0.717) is 17.5 Å². The first-order chi connectivity index (χ1) is 28.5. The van der Waals surface area contributed by atoms with Gasteiger partial charge in [0.15, 0.2) is 17.5 Å². The highest BCUT2D eigenvalue weighted by Gasteiger charge is 2.21. The highest BCUT2D eigenvalue weighted by Crippen LogP contribution is 2.41. The Bertz CT molecular complexity index is 3280. The maximum Gasteiger partial charge on any atom is 0.166 e. The summed E-state index contributed by atoms with van der Waals surface area (Å²) in [5.74, 6) is 1.83. The molecular formula is C53H36N4O. The van der Waals surface area contributed by atoms with Crippen LogP contribution in [0.1, 0.15) is 11.1 Å². The van der Waals surface area contributed by atoms with Gasteiger partial charge in [0.05, 0.1) is 16.7 Å². The Hall–Kier alpha value is -7.63. The van der Waals surface area contributed by atoms with Crippen LogP contribution in [0.5, 0.6) is 0 Å². The second kappa shape index (κ2) is 13.5. The SMILES string of the molecule is Cc1cc(C)cc(-c2ccc3c4ccccc4n(-c4ccc(-c5ccc6oc7ccccc7c6c5)cc4-c4nc(-c5ccccc5)nc(-c5ccccc5)n4)c3c2)c1. The maximum absolute atomic E-state index is 6.22. The van der Waals surface area contributed by atoms with Gasteiger partial charge in [-0.1, -0.05) is 151 Å². The molecule has 0 aliphatic carbocycles. The molecule has 11 aromatic rings. The topological polar surface area (TPSA) is 56.7 Å². The molecule has 0 bridgehead atoms. The van der Waals surface area contributed by atoms with E-state index in [1.165, 1.54) is 33.0 Å². The Balaban J connectivity index is 1.21. The number of furan rings is 1. The van der Waals surface area contributed by atoms with Crippen LogP contribution in [0.4, 0.5) is 0 Å². The van der Waals surface area contributed by atoms with Crippen LogP contribution in [0.2, 0.25) is 0 Å². The van der Waals surface area contributed by atoms with E-state index >= 15 is 0 Å². The monoisotopic (exact) mass is 744 g/mol. The van der Waals surface area contributed by atoms with Crippen LogP contribution >= 0.6 is 0 Å². The van der Waals surface area contributed by atoms with Crippen molar-refractivity contribution in [3.8, 4) is 62.1 Å². The molecule has 0 aliphatic heterocycles. The number of hydrogen-bond donors (Lipinski definition) is 0.